The molecule has 1 amide bonds. The van der Waals surface area contributed by atoms with Gasteiger partial charge in [0.15, 0.2) is 5.76 Å². The molecular weight excluding hydrogens is 248 g/mol. The molecule has 0 bridgehead atoms. The van der Waals surface area contributed by atoms with E-state index in [0.717, 1.165) is 5.56 Å². The van der Waals surface area contributed by atoms with Crippen LogP contribution in [0.15, 0.2) is 10.5 Å². The van der Waals surface area contributed by atoms with Crippen molar-refractivity contribution in [1.82, 2.24) is 5.43 Å². The first-order valence-electron chi connectivity index (χ1n) is 6.15. The average molecular weight is 270 g/mol. The van der Waals surface area contributed by atoms with Crippen molar-refractivity contribution in [1.29, 1.82) is 0 Å². The lowest BCUT2D eigenvalue weighted by Crippen LogP contribution is -2.30. The van der Waals surface area contributed by atoms with E-state index in [4.69, 9.17) is 19.7 Å². The van der Waals surface area contributed by atoms with E-state index >= 15 is 0 Å². The number of hydrogen-bond donors (Lipinski definition) is 2. The summed E-state index contributed by atoms with van der Waals surface area (Å²) in [4.78, 5) is 11.3. The maximum Gasteiger partial charge on any atom is 0.301 e. The highest BCUT2D eigenvalue weighted by atomic mass is 16.5. The van der Waals surface area contributed by atoms with Crippen molar-refractivity contribution in [3.8, 4) is 0 Å². The summed E-state index contributed by atoms with van der Waals surface area (Å²) in [5.74, 6) is 5.42. The first kappa shape index (κ1) is 15.7. The zero-order chi connectivity index (χ0) is 14.5. The van der Waals surface area contributed by atoms with Crippen LogP contribution in [0.3, 0.4) is 0 Å². The molecule has 6 heteroatoms. The molecule has 1 heterocycles. The second-order valence-corrected chi connectivity index (χ2v) is 5.21. The molecule has 0 saturated heterocycles. The van der Waals surface area contributed by atoms with Crippen LogP contribution in [0.2, 0.25) is 0 Å². The van der Waals surface area contributed by atoms with Crippen LogP contribution >= 0.6 is 0 Å². The number of hydrogen-bond acceptors (Lipinski definition) is 5. The Bertz CT molecular complexity index is 421. The van der Waals surface area contributed by atoms with E-state index in [9.17, 15) is 4.79 Å². The van der Waals surface area contributed by atoms with Crippen LogP contribution in [0, 0.1) is 6.92 Å². The Labute approximate surface area is 113 Å². The molecule has 3 N–H and O–H groups in total. The molecule has 0 saturated carbocycles. The Morgan fingerprint density at radius 3 is 2.68 bits per heavy atom. The molecule has 108 valence electrons. The lowest BCUT2D eigenvalue weighted by molar-refractivity contribution is -0.0395. The van der Waals surface area contributed by atoms with E-state index in [1.807, 2.05) is 26.2 Å². The van der Waals surface area contributed by atoms with E-state index in [-0.39, 0.29) is 11.4 Å². The lowest BCUT2D eigenvalue weighted by atomic mass is 10.2. The monoisotopic (exact) mass is 270 g/mol. The Kier molecular flexibility index (Phi) is 5.53. The molecule has 0 aliphatic heterocycles. The fourth-order valence-corrected chi connectivity index (χ4v) is 1.49. The first-order valence-corrected chi connectivity index (χ1v) is 6.15. The van der Waals surface area contributed by atoms with Gasteiger partial charge in [0.1, 0.15) is 12.4 Å². The molecule has 1 rings (SSSR count). The van der Waals surface area contributed by atoms with Gasteiger partial charge in [-0.2, -0.15) is 0 Å². The van der Waals surface area contributed by atoms with Gasteiger partial charge in [0, 0.05) is 5.56 Å². The van der Waals surface area contributed by atoms with Gasteiger partial charge in [-0.1, -0.05) is 0 Å². The Morgan fingerprint density at radius 1 is 1.42 bits per heavy atom. The minimum atomic E-state index is -0.445. The number of rotatable bonds is 6. The summed E-state index contributed by atoms with van der Waals surface area (Å²) >= 11 is 0. The predicted octanol–water partition coefficient (Wildman–Crippen LogP) is 1.52. The van der Waals surface area contributed by atoms with Crippen LogP contribution in [0.4, 0.5) is 0 Å². The molecule has 6 nitrogen and oxygen atoms in total. The predicted molar refractivity (Wildman–Crippen MR) is 70.5 cm³/mol. The molecule has 0 aliphatic carbocycles. The van der Waals surface area contributed by atoms with Crippen molar-refractivity contribution in [2.75, 3.05) is 13.2 Å². The largest absolute Gasteiger partial charge is 0.453 e. The molecule has 19 heavy (non-hydrogen) atoms. The van der Waals surface area contributed by atoms with Gasteiger partial charge in [0.05, 0.1) is 18.8 Å². The minimum absolute atomic E-state index is 0.170. The zero-order valence-electron chi connectivity index (χ0n) is 11.9. The van der Waals surface area contributed by atoms with Gasteiger partial charge in [-0.15, -0.1) is 0 Å². The number of nitrogens with one attached hydrogen (secondary N) is 1. The zero-order valence-corrected chi connectivity index (χ0v) is 11.9. The highest BCUT2D eigenvalue weighted by molar-refractivity contribution is 5.92. The number of carbonyl (C=O) groups excluding carboxylic acids is 1. The summed E-state index contributed by atoms with van der Waals surface area (Å²) in [6, 6.07) is 1.76. The molecule has 0 radical (unpaired) electrons. The van der Waals surface area contributed by atoms with Crippen molar-refractivity contribution < 1.29 is 18.7 Å². The van der Waals surface area contributed by atoms with Gasteiger partial charge in [0.2, 0.25) is 0 Å². The fraction of sp³-hybridized carbons (Fsp3) is 0.615. The lowest BCUT2D eigenvalue weighted by Gasteiger charge is -2.19. The van der Waals surface area contributed by atoms with Crippen LogP contribution in [-0.2, 0) is 16.1 Å². The van der Waals surface area contributed by atoms with E-state index in [1.54, 1.807) is 13.0 Å². The van der Waals surface area contributed by atoms with Crippen molar-refractivity contribution >= 4 is 5.91 Å². The summed E-state index contributed by atoms with van der Waals surface area (Å²) in [5, 5.41) is 0. The molecule has 0 aromatic carbocycles. The number of carbonyl (C=O) groups is 1. The fourth-order valence-electron chi connectivity index (χ4n) is 1.49. The molecular formula is C13H22N2O4. The van der Waals surface area contributed by atoms with E-state index < -0.39 is 5.91 Å². The third kappa shape index (κ3) is 5.42. The summed E-state index contributed by atoms with van der Waals surface area (Å²) in [7, 11) is 0. The number of furan rings is 1. The van der Waals surface area contributed by atoms with Crippen molar-refractivity contribution in [2.24, 2.45) is 5.84 Å². The molecule has 0 spiro atoms. The Morgan fingerprint density at radius 2 is 2.11 bits per heavy atom. The third-order valence-electron chi connectivity index (χ3n) is 2.31. The van der Waals surface area contributed by atoms with Crippen molar-refractivity contribution in [3.63, 3.8) is 0 Å². The third-order valence-corrected chi connectivity index (χ3v) is 2.31. The van der Waals surface area contributed by atoms with E-state index in [2.05, 4.69) is 0 Å². The van der Waals surface area contributed by atoms with Crippen LogP contribution in [0.25, 0.3) is 0 Å². The maximum absolute atomic E-state index is 11.3. The van der Waals surface area contributed by atoms with E-state index in [1.165, 1.54) is 0 Å². The standard InChI is InChI=1S/C13H22N2O4/c1-9-7-10(19-11(9)12(16)15-14)8-17-5-6-18-13(2,3)4/h7H,5-6,8,14H2,1-4H3,(H,15,16). The van der Waals surface area contributed by atoms with Gasteiger partial charge >= 0.3 is 5.91 Å². The van der Waals surface area contributed by atoms with Gasteiger partial charge in [-0.05, 0) is 33.8 Å². The second kappa shape index (κ2) is 6.70. The van der Waals surface area contributed by atoms with Gasteiger partial charge in [-0.25, -0.2) is 5.84 Å². The summed E-state index contributed by atoms with van der Waals surface area (Å²) in [6.45, 7) is 9.02. The van der Waals surface area contributed by atoms with Crippen LogP contribution in [-0.4, -0.2) is 24.7 Å². The number of hydrazine groups is 1. The van der Waals surface area contributed by atoms with Crippen molar-refractivity contribution in [3.05, 3.63) is 23.2 Å². The second-order valence-electron chi connectivity index (χ2n) is 5.21. The number of aryl methyl sites for hydroxylation is 1. The Balaban J connectivity index is 2.36. The van der Waals surface area contributed by atoms with Crippen LogP contribution in [0.1, 0.15) is 42.6 Å². The van der Waals surface area contributed by atoms with E-state index in [0.29, 0.717) is 25.6 Å². The molecule has 1 aromatic heterocycles. The molecule has 0 aliphatic rings. The summed E-state index contributed by atoms with van der Waals surface area (Å²) in [6.07, 6.45) is 0. The smallest absolute Gasteiger partial charge is 0.301 e. The van der Waals surface area contributed by atoms with Crippen LogP contribution in [0.5, 0.6) is 0 Å². The average Bonchev–Trinajstić information content (AvgIpc) is 2.67. The highest BCUT2D eigenvalue weighted by Crippen LogP contribution is 2.15. The van der Waals surface area contributed by atoms with Gasteiger partial charge in [0.25, 0.3) is 0 Å². The van der Waals surface area contributed by atoms with Crippen molar-refractivity contribution in [2.45, 2.75) is 39.9 Å². The SMILES string of the molecule is Cc1cc(COCCOC(C)(C)C)oc1C(=O)NN. The molecule has 0 unspecified atom stereocenters. The minimum Gasteiger partial charge on any atom is -0.453 e. The maximum atomic E-state index is 11.3. The molecule has 0 atom stereocenters. The van der Waals surface area contributed by atoms with Crippen LogP contribution < -0.4 is 11.3 Å². The number of nitrogens with two attached hydrogens (primary N) is 1. The molecule has 1 aromatic rings. The van der Waals surface area contributed by atoms with Gasteiger partial charge in [-0.3, -0.25) is 10.2 Å². The Hall–Kier alpha value is -1.37. The first-order chi connectivity index (χ1) is 8.83. The summed E-state index contributed by atoms with van der Waals surface area (Å²) in [5.41, 5.74) is 2.59. The topological polar surface area (TPSA) is 86.7 Å². The normalized spacial score (nSPS) is 11.6. The highest BCUT2D eigenvalue weighted by Gasteiger charge is 2.14. The number of nitrogen functional groups attached to an aromatic ring is 1. The number of amides is 1. The quantitative estimate of drug-likeness (QED) is 0.354. The molecule has 0 fully saturated rings. The number of ether oxygens (including phenoxy) is 2. The summed E-state index contributed by atoms with van der Waals surface area (Å²) < 4.78 is 16.3. The van der Waals surface area contributed by atoms with Gasteiger partial charge < -0.3 is 13.9 Å².